The Morgan fingerprint density at radius 3 is 2.71 bits per heavy atom. The molecule has 3 nitrogen and oxygen atoms in total. The molecule has 2 aromatic heterocycles. The highest BCUT2D eigenvalue weighted by Gasteiger charge is 2.10. The normalized spacial score (nSPS) is 10.5. The van der Waals surface area contributed by atoms with Gasteiger partial charge in [-0.2, -0.15) is 0 Å². The number of pyridine rings is 1. The summed E-state index contributed by atoms with van der Waals surface area (Å²) in [6.07, 6.45) is 0.721. The fourth-order valence-electron chi connectivity index (χ4n) is 1.36. The van der Waals surface area contributed by atoms with Crippen molar-refractivity contribution in [1.29, 1.82) is 0 Å². The molecule has 0 fully saturated rings. The van der Waals surface area contributed by atoms with Gasteiger partial charge in [0.1, 0.15) is 9.90 Å². The van der Waals surface area contributed by atoms with Gasteiger partial charge in [-0.25, -0.2) is 9.97 Å². The van der Waals surface area contributed by atoms with Gasteiger partial charge >= 0.3 is 0 Å². The summed E-state index contributed by atoms with van der Waals surface area (Å²) in [6.45, 7) is 3.97. The Morgan fingerprint density at radius 1 is 1.35 bits per heavy atom. The van der Waals surface area contributed by atoms with Crippen LogP contribution in [0.25, 0.3) is 0 Å². The van der Waals surface area contributed by atoms with E-state index in [2.05, 4.69) is 9.97 Å². The SMILES string of the molecule is Cc1cc(C)nc(Sc2nc(Cl)c(C=O)s2)c1. The maximum absolute atomic E-state index is 10.7. The maximum Gasteiger partial charge on any atom is 0.163 e. The molecule has 0 atom stereocenters. The van der Waals surface area contributed by atoms with Crippen molar-refractivity contribution in [1.82, 2.24) is 9.97 Å². The summed E-state index contributed by atoms with van der Waals surface area (Å²) >= 11 is 8.51. The predicted molar refractivity (Wildman–Crippen MR) is 70.3 cm³/mol. The summed E-state index contributed by atoms with van der Waals surface area (Å²) < 4.78 is 0.731. The van der Waals surface area contributed by atoms with Gasteiger partial charge in [-0.3, -0.25) is 4.79 Å². The molecule has 6 heteroatoms. The number of nitrogens with zero attached hydrogens (tertiary/aromatic N) is 2. The van der Waals surface area contributed by atoms with Gasteiger partial charge < -0.3 is 0 Å². The number of carbonyl (C=O) groups excluding carboxylic acids is 1. The van der Waals surface area contributed by atoms with E-state index in [1.54, 1.807) is 0 Å². The highest BCUT2D eigenvalue weighted by molar-refractivity contribution is 8.01. The van der Waals surface area contributed by atoms with Crippen molar-refractivity contribution in [3.8, 4) is 0 Å². The quantitative estimate of drug-likeness (QED) is 0.805. The number of aldehydes is 1. The van der Waals surface area contributed by atoms with Crippen LogP contribution in [0.2, 0.25) is 5.15 Å². The number of rotatable bonds is 3. The molecule has 0 aliphatic carbocycles. The van der Waals surface area contributed by atoms with Crippen LogP contribution in [0.3, 0.4) is 0 Å². The first-order valence-electron chi connectivity index (χ1n) is 4.83. The van der Waals surface area contributed by atoms with Gasteiger partial charge in [-0.1, -0.05) is 11.6 Å². The van der Waals surface area contributed by atoms with E-state index in [0.717, 1.165) is 26.9 Å². The number of halogens is 1. The van der Waals surface area contributed by atoms with Gasteiger partial charge in [0.2, 0.25) is 0 Å². The second kappa shape index (κ2) is 5.16. The van der Waals surface area contributed by atoms with E-state index in [4.69, 9.17) is 11.6 Å². The Balaban J connectivity index is 2.27. The largest absolute Gasteiger partial charge is 0.297 e. The molecule has 0 aromatic carbocycles. The van der Waals surface area contributed by atoms with Crippen molar-refractivity contribution in [3.05, 3.63) is 33.4 Å². The highest BCUT2D eigenvalue weighted by atomic mass is 35.5. The molecule has 0 aliphatic heterocycles. The summed E-state index contributed by atoms with van der Waals surface area (Å²) in [4.78, 5) is 19.6. The lowest BCUT2D eigenvalue weighted by Gasteiger charge is -2.00. The average molecular weight is 285 g/mol. The molecular formula is C11H9ClN2OS2. The molecule has 17 heavy (non-hydrogen) atoms. The van der Waals surface area contributed by atoms with Crippen molar-refractivity contribution in [2.45, 2.75) is 23.2 Å². The third-order valence-electron chi connectivity index (χ3n) is 1.96. The molecule has 0 radical (unpaired) electrons. The Bertz CT molecular complexity index is 548. The topological polar surface area (TPSA) is 42.9 Å². The predicted octanol–water partition coefficient (Wildman–Crippen LogP) is 3.77. The smallest absolute Gasteiger partial charge is 0.163 e. The second-order valence-corrected chi connectivity index (χ2v) is 6.14. The monoisotopic (exact) mass is 284 g/mol. The Morgan fingerprint density at radius 2 is 2.12 bits per heavy atom. The molecule has 88 valence electrons. The number of hydrogen-bond donors (Lipinski definition) is 0. The Labute approximate surface area is 112 Å². The summed E-state index contributed by atoms with van der Waals surface area (Å²) in [6, 6.07) is 3.99. The molecule has 0 saturated carbocycles. The van der Waals surface area contributed by atoms with Crippen LogP contribution in [0.4, 0.5) is 0 Å². The van der Waals surface area contributed by atoms with Crippen LogP contribution in [0.15, 0.2) is 21.5 Å². The fourth-order valence-corrected chi connectivity index (χ4v) is 3.65. The number of aromatic nitrogens is 2. The fraction of sp³-hybridized carbons (Fsp3) is 0.182. The lowest BCUT2D eigenvalue weighted by atomic mass is 10.3. The minimum atomic E-state index is 0.261. The molecular weight excluding hydrogens is 276 g/mol. The Kier molecular flexibility index (Phi) is 3.81. The summed E-state index contributed by atoms with van der Waals surface area (Å²) in [7, 11) is 0. The van der Waals surface area contributed by atoms with Gasteiger partial charge in [0.25, 0.3) is 0 Å². The third kappa shape index (κ3) is 3.06. The van der Waals surface area contributed by atoms with Gasteiger partial charge in [0.15, 0.2) is 15.8 Å². The third-order valence-corrected chi connectivity index (χ3v) is 4.32. The van der Waals surface area contributed by atoms with E-state index >= 15 is 0 Å². The summed E-state index contributed by atoms with van der Waals surface area (Å²) in [5.41, 5.74) is 2.11. The minimum absolute atomic E-state index is 0.261. The van der Waals surface area contributed by atoms with Crippen LogP contribution in [-0.4, -0.2) is 16.3 Å². The van der Waals surface area contributed by atoms with Crippen molar-refractivity contribution in [2.24, 2.45) is 0 Å². The molecule has 0 N–H and O–H groups in total. The molecule has 0 amide bonds. The first kappa shape index (κ1) is 12.5. The zero-order valence-electron chi connectivity index (χ0n) is 9.23. The van der Waals surface area contributed by atoms with E-state index in [1.165, 1.54) is 23.1 Å². The van der Waals surface area contributed by atoms with Crippen LogP contribution in [0.5, 0.6) is 0 Å². The van der Waals surface area contributed by atoms with Gasteiger partial charge in [0, 0.05) is 5.69 Å². The average Bonchev–Trinajstić information content (AvgIpc) is 2.57. The number of aryl methyl sites for hydroxylation is 2. The van der Waals surface area contributed by atoms with Crippen molar-refractivity contribution in [2.75, 3.05) is 0 Å². The van der Waals surface area contributed by atoms with Crippen LogP contribution >= 0.6 is 34.7 Å². The van der Waals surface area contributed by atoms with E-state index < -0.39 is 0 Å². The lowest BCUT2D eigenvalue weighted by molar-refractivity contribution is 0.112. The molecule has 0 aliphatic rings. The maximum atomic E-state index is 10.7. The Hall–Kier alpha value is -0.910. The molecule has 0 saturated heterocycles. The molecule has 0 bridgehead atoms. The van der Waals surface area contributed by atoms with Crippen LogP contribution in [0.1, 0.15) is 20.9 Å². The van der Waals surface area contributed by atoms with Crippen molar-refractivity contribution < 1.29 is 4.79 Å². The second-order valence-electron chi connectivity index (χ2n) is 3.48. The van der Waals surface area contributed by atoms with Crippen LogP contribution < -0.4 is 0 Å². The minimum Gasteiger partial charge on any atom is -0.297 e. The first-order chi connectivity index (χ1) is 8.08. The van der Waals surface area contributed by atoms with Crippen LogP contribution in [0, 0.1) is 13.8 Å². The van der Waals surface area contributed by atoms with Crippen molar-refractivity contribution in [3.63, 3.8) is 0 Å². The number of thiazole rings is 1. The van der Waals surface area contributed by atoms with Gasteiger partial charge in [-0.05, 0) is 43.3 Å². The summed E-state index contributed by atoms with van der Waals surface area (Å²) in [5, 5.41) is 1.13. The number of hydrogen-bond acceptors (Lipinski definition) is 5. The van der Waals surface area contributed by atoms with E-state index in [0.29, 0.717) is 4.88 Å². The summed E-state index contributed by atoms with van der Waals surface area (Å²) in [5.74, 6) is 0. The molecule has 2 heterocycles. The zero-order chi connectivity index (χ0) is 12.4. The zero-order valence-corrected chi connectivity index (χ0v) is 11.6. The van der Waals surface area contributed by atoms with Crippen LogP contribution in [-0.2, 0) is 0 Å². The van der Waals surface area contributed by atoms with Gasteiger partial charge in [0.05, 0.1) is 0 Å². The van der Waals surface area contributed by atoms with E-state index in [1.807, 2.05) is 26.0 Å². The standard InChI is InChI=1S/C11H9ClN2OS2/c1-6-3-7(2)13-9(4-6)17-11-14-10(12)8(5-15)16-11/h3-5H,1-2H3. The lowest BCUT2D eigenvalue weighted by Crippen LogP contribution is -1.86. The molecule has 0 spiro atoms. The van der Waals surface area contributed by atoms with Crippen molar-refractivity contribution >= 4 is 41.0 Å². The molecule has 0 unspecified atom stereocenters. The molecule has 2 rings (SSSR count). The molecule has 2 aromatic rings. The first-order valence-corrected chi connectivity index (χ1v) is 6.84. The van der Waals surface area contributed by atoms with E-state index in [9.17, 15) is 4.79 Å². The highest BCUT2D eigenvalue weighted by Crippen LogP contribution is 2.33. The van der Waals surface area contributed by atoms with Gasteiger partial charge in [-0.15, -0.1) is 11.3 Å². The van der Waals surface area contributed by atoms with E-state index in [-0.39, 0.29) is 5.15 Å². The number of carbonyl (C=O) groups is 1.